The van der Waals surface area contributed by atoms with Crippen LogP contribution in [0.1, 0.15) is 12.6 Å². The normalized spacial score (nSPS) is 11.9. The van der Waals surface area contributed by atoms with E-state index in [2.05, 4.69) is 22.2 Å². The summed E-state index contributed by atoms with van der Waals surface area (Å²) >= 11 is 0. The lowest BCUT2D eigenvalue weighted by atomic mass is 10.3. The summed E-state index contributed by atoms with van der Waals surface area (Å²) in [5.41, 5.74) is 6.08. The van der Waals surface area contributed by atoms with Gasteiger partial charge in [0.15, 0.2) is 5.69 Å². The molecule has 0 amide bonds. The third kappa shape index (κ3) is 2.40. The first-order valence-electron chi connectivity index (χ1n) is 3.32. The highest BCUT2D eigenvalue weighted by molar-refractivity contribution is 5.25. The van der Waals surface area contributed by atoms with Crippen LogP contribution in [0.15, 0.2) is 6.20 Å². The van der Waals surface area contributed by atoms with E-state index in [1.165, 1.54) is 0 Å². The fourth-order valence-electron chi connectivity index (χ4n) is 0.592. The second kappa shape index (κ2) is 3.17. The van der Waals surface area contributed by atoms with Gasteiger partial charge in [0.1, 0.15) is 0 Å². The number of hydrogen-bond acceptors (Lipinski definition) is 3. The summed E-state index contributed by atoms with van der Waals surface area (Å²) in [6, 6.07) is -0.114. The third-order valence-electron chi connectivity index (χ3n) is 1.03. The summed E-state index contributed by atoms with van der Waals surface area (Å²) in [6.07, 6.45) is 1.75. The Morgan fingerprint density at radius 2 is 2.45 bits per heavy atom. The maximum absolute atomic E-state index is 5.42. The van der Waals surface area contributed by atoms with Crippen LogP contribution in [-0.2, 0) is 7.05 Å². The lowest BCUT2D eigenvalue weighted by Gasteiger charge is -1.85. The third-order valence-corrected chi connectivity index (χ3v) is 1.03. The number of hydrogen-bond donors (Lipinski definition) is 1. The largest absolute Gasteiger partial charge is 0.318 e. The van der Waals surface area contributed by atoms with Crippen LogP contribution in [0.2, 0.25) is 0 Å². The van der Waals surface area contributed by atoms with E-state index in [0.29, 0.717) is 5.69 Å². The number of nitrogens with zero attached hydrogens (tertiary/aromatic N) is 3. The van der Waals surface area contributed by atoms with Gasteiger partial charge in [-0.3, -0.25) is 4.68 Å². The number of aromatic nitrogens is 3. The van der Waals surface area contributed by atoms with Crippen LogP contribution in [0.5, 0.6) is 0 Å². The average Bonchev–Trinajstić information content (AvgIpc) is 2.31. The second-order valence-corrected chi connectivity index (χ2v) is 2.34. The van der Waals surface area contributed by atoms with Gasteiger partial charge in [0.25, 0.3) is 0 Å². The molecule has 1 heterocycles. The highest BCUT2D eigenvalue weighted by Crippen LogP contribution is 1.86. The van der Waals surface area contributed by atoms with Gasteiger partial charge in [-0.05, 0) is 12.8 Å². The molecule has 11 heavy (non-hydrogen) atoms. The summed E-state index contributed by atoms with van der Waals surface area (Å²) in [4.78, 5) is 0. The molecule has 1 rings (SSSR count). The quantitative estimate of drug-likeness (QED) is 0.508. The van der Waals surface area contributed by atoms with E-state index in [9.17, 15) is 0 Å². The molecule has 0 aromatic carbocycles. The Morgan fingerprint density at radius 3 is 2.91 bits per heavy atom. The SMILES string of the molecule is CC(N)C#Cc1cn(C)nn1. The van der Waals surface area contributed by atoms with Crippen molar-refractivity contribution < 1.29 is 0 Å². The van der Waals surface area contributed by atoms with Gasteiger partial charge in [-0.25, -0.2) is 0 Å². The molecule has 1 aromatic rings. The second-order valence-electron chi connectivity index (χ2n) is 2.34. The van der Waals surface area contributed by atoms with E-state index in [-0.39, 0.29) is 6.04 Å². The van der Waals surface area contributed by atoms with E-state index in [1.54, 1.807) is 17.9 Å². The molecule has 0 aliphatic rings. The molecule has 4 nitrogen and oxygen atoms in total. The van der Waals surface area contributed by atoms with Gasteiger partial charge in [-0.1, -0.05) is 11.1 Å². The van der Waals surface area contributed by atoms with Crippen molar-refractivity contribution >= 4 is 0 Å². The van der Waals surface area contributed by atoms with Crippen molar-refractivity contribution in [2.75, 3.05) is 0 Å². The van der Waals surface area contributed by atoms with Gasteiger partial charge >= 0.3 is 0 Å². The summed E-state index contributed by atoms with van der Waals surface area (Å²) in [6.45, 7) is 1.82. The maximum atomic E-state index is 5.42. The molecular formula is C7H10N4. The van der Waals surface area contributed by atoms with E-state index in [0.717, 1.165) is 0 Å². The Bertz CT molecular complexity index is 289. The minimum Gasteiger partial charge on any atom is -0.318 e. The molecular weight excluding hydrogens is 140 g/mol. The van der Waals surface area contributed by atoms with Crippen molar-refractivity contribution in [3.05, 3.63) is 11.9 Å². The first kappa shape index (κ1) is 7.76. The molecule has 0 bridgehead atoms. The number of nitrogens with two attached hydrogens (primary N) is 1. The zero-order valence-electron chi connectivity index (χ0n) is 6.57. The topological polar surface area (TPSA) is 56.7 Å². The van der Waals surface area contributed by atoms with Crippen molar-refractivity contribution in [2.45, 2.75) is 13.0 Å². The molecule has 0 aliphatic heterocycles. The summed E-state index contributed by atoms with van der Waals surface area (Å²) in [7, 11) is 1.80. The zero-order valence-corrected chi connectivity index (χ0v) is 6.57. The minimum atomic E-state index is -0.114. The average molecular weight is 150 g/mol. The minimum absolute atomic E-state index is 0.114. The Kier molecular flexibility index (Phi) is 2.24. The highest BCUT2D eigenvalue weighted by atomic mass is 15.4. The molecule has 4 heteroatoms. The first-order chi connectivity index (χ1) is 5.18. The van der Waals surface area contributed by atoms with Gasteiger partial charge in [-0.15, -0.1) is 5.10 Å². The summed E-state index contributed by atoms with van der Waals surface area (Å²) in [5.74, 6) is 5.58. The van der Waals surface area contributed by atoms with Crippen molar-refractivity contribution in [1.82, 2.24) is 15.0 Å². The fraction of sp³-hybridized carbons (Fsp3) is 0.429. The van der Waals surface area contributed by atoms with Gasteiger partial charge < -0.3 is 5.73 Å². The van der Waals surface area contributed by atoms with E-state index < -0.39 is 0 Å². The molecule has 1 aromatic heterocycles. The Balaban J connectivity index is 2.74. The predicted octanol–water partition coefficient (Wildman–Crippen LogP) is -0.486. The molecule has 1 unspecified atom stereocenters. The van der Waals surface area contributed by atoms with E-state index in [1.807, 2.05) is 6.92 Å². The van der Waals surface area contributed by atoms with E-state index in [4.69, 9.17) is 5.73 Å². The number of rotatable bonds is 0. The Hall–Kier alpha value is -1.34. The van der Waals surface area contributed by atoms with Gasteiger partial charge in [0.2, 0.25) is 0 Å². The van der Waals surface area contributed by atoms with Gasteiger partial charge in [-0.2, -0.15) is 0 Å². The van der Waals surface area contributed by atoms with Gasteiger partial charge in [0.05, 0.1) is 12.2 Å². The van der Waals surface area contributed by atoms with Crippen molar-refractivity contribution in [3.8, 4) is 11.8 Å². The predicted molar refractivity (Wildman–Crippen MR) is 41.5 cm³/mol. The molecule has 1 atom stereocenters. The van der Waals surface area contributed by atoms with E-state index >= 15 is 0 Å². The Labute approximate surface area is 65.4 Å². The Morgan fingerprint density at radius 1 is 1.73 bits per heavy atom. The molecule has 0 spiro atoms. The van der Waals surface area contributed by atoms with Crippen LogP contribution in [0, 0.1) is 11.8 Å². The number of aryl methyl sites for hydroxylation is 1. The zero-order chi connectivity index (χ0) is 8.27. The molecule has 0 aliphatic carbocycles. The fourth-order valence-corrected chi connectivity index (χ4v) is 0.592. The van der Waals surface area contributed by atoms with Crippen LogP contribution in [-0.4, -0.2) is 21.0 Å². The molecule has 58 valence electrons. The maximum Gasteiger partial charge on any atom is 0.155 e. The lowest BCUT2D eigenvalue weighted by molar-refractivity contribution is 0.714. The van der Waals surface area contributed by atoms with Crippen molar-refractivity contribution in [3.63, 3.8) is 0 Å². The van der Waals surface area contributed by atoms with Crippen LogP contribution in [0.3, 0.4) is 0 Å². The van der Waals surface area contributed by atoms with Crippen LogP contribution in [0.25, 0.3) is 0 Å². The monoisotopic (exact) mass is 150 g/mol. The lowest BCUT2D eigenvalue weighted by Crippen LogP contribution is -2.10. The van der Waals surface area contributed by atoms with Gasteiger partial charge in [0, 0.05) is 7.05 Å². The highest BCUT2D eigenvalue weighted by Gasteiger charge is 1.90. The molecule has 0 radical (unpaired) electrons. The van der Waals surface area contributed by atoms with Crippen LogP contribution in [0.4, 0.5) is 0 Å². The van der Waals surface area contributed by atoms with Crippen molar-refractivity contribution in [1.29, 1.82) is 0 Å². The molecule has 0 fully saturated rings. The van der Waals surface area contributed by atoms with Crippen LogP contribution >= 0.6 is 0 Å². The first-order valence-corrected chi connectivity index (χ1v) is 3.32. The van der Waals surface area contributed by atoms with Crippen molar-refractivity contribution in [2.24, 2.45) is 12.8 Å². The standard InChI is InChI=1S/C7H10N4/c1-6(8)3-4-7-5-11(2)10-9-7/h5-6H,8H2,1-2H3. The summed E-state index contributed by atoms with van der Waals surface area (Å²) < 4.78 is 1.60. The molecule has 2 N–H and O–H groups in total. The smallest absolute Gasteiger partial charge is 0.155 e. The summed E-state index contributed by atoms with van der Waals surface area (Å²) in [5, 5.41) is 7.49. The molecule has 0 saturated carbocycles. The van der Waals surface area contributed by atoms with Crippen LogP contribution < -0.4 is 5.73 Å². The molecule has 0 saturated heterocycles.